The van der Waals surface area contributed by atoms with Crippen LogP contribution in [-0.4, -0.2) is 85.7 Å². The molecule has 28 heavy (non-hydrogen) atoms. The first-order chi connectivity index (χ1) is 13.6. The van der Waals surface area contributed by atoms with Crippen LogP contribution in [-0.2, 0) is 12.8 Å². The van der Waals surface area contributed by atoms with Gasteiger partial charge in [0.1, 0.15) is 24.7 Å². The molecule has 0 atom stereocenters. The lowest BCUT2D eigenvalue weighted by Gasteiger charge is -2.21. The number of likely N-dealkylation sites (N-methyl/N-ethyl adjacent to an activating group) is 2. The molecule has 162 valence electrons. The Labute approximate surface area is 171 Å². The first kappa shape index (κ1) is 24.7. The Morgan fingerprint density at radius 2 is 1.04 bits per heavy atom. The highest BCUT2D eigenvalue weighted by Gasteiger charge is 2.13. The molecule has 1 rings (SSSR count). The van der Waals surface area contributed by atoms with Gasteiger partial charge >= 0.3 is 0 Å². The highest BCUT2D eigenvalue weighted by molar-refractivity contribution is 5.47. The Morgan fingerprint density at radius 1 is 0.679 bits per heavy atom. The van der Waals surface area contributed by atoms with Crippen molar-refractivity contribution < 1.29 is 19.7 Å². The van der Waals surface area contributed by atoms with E-state index in [1.165, 1.54) is 0 Å². The molecule has 0 aliphatic heterocycles. The molecule has 6 nitrogen and oxygen atoms in total. The van der Waals surface area contributed by atoms with Gasteiger partial charge < -0.3 is 29.5 Å². The molecule has 0 fully saturated rings. The molecule has 0 aromatic heterocycles. The summed E-state index contributed by atoms with van der Waals surface area (Å²) in [6.07, 6.45) is 1.04. The van der Waals surface area contributed by atoms with Gasteiger partial charge in [-0.15, -0.1) is 0 Å². The second kappa shape index (κ2) is 14.6. The molecule has 0 heterocycles. The number of benzene rings is 1. The summed E-state index contributed by atoms with van der Waals surface area (Å²) in [7, 11) is 0. The van der Waals surface area contributed by atoms with Crippen molar-refractivity contribution in [1.29, 1.82) is 0 Å². The third-order valence-corrected chi connectivity index (χ3v) is 5.12. The van der Waals surface area contributed by atoms with Gasteiger partial charge in [-0.1, -0.05) is 27.7 Å². The molecule has 0 radical (unpaired) electrons. The summed E-state index contributed by atoms with van der Waals surface area (Å²) >= 11 is 0. The first-order valence-corrected chi connectivity index (χ1v) is 10.7. The molecule has 0 aliphatic carbocycles. The fraction of sp³-hybridized carbons (Fsp3) is 0.727. The fourth-order valence-electron chi connectivity index (χ4n) is 3.19. The average molecular weight is 397 g/mol. The largest absolute Gasteiger partial charge is 0.492 e. The molecule has 0 saturated heterocycles. The topological polar surface area (TPSA) is 65.4 Å². The van der Waals surface area contributed by atoms with Gasteiger partial charge in [0.2, 0.25) is 0 Å². The van der Waals surface area contributed by atoms with Crippen LogP contribution < -0.4 is 9.47 Å². The Hall–Kier alpha value is -1.34. The van der Waals surface area contributed by atoms with E-state index in [0.29, 0.717) is 26.1 Å². The van der Waals surface area contributed by atoms with Crippen LogP contribution in [0.25, 0.3) is 0 Å². The number of ether oxygens (including phenoxy) is 2. The lowest BCUT2D eigenvalue weighted by atomic mass is 10.0. The molecule has 0 unspecified atom stereocenters. The molecule has 0 amide bonds. The van der Waals surface area contributed by atoms with Crippen LogP contribution in [0.1, 0.15) is 38.8 Å². The number of aliphatic hydroxyl groups is 2. The zero-order chi connectivity index (χ0) is 20.8. The summed E-state index contributed by atoms with van der Waals surface area (Å²) in [5.74, 6) is 1.56. The van der Waals surface area contributed by atoms with Crippen molar-refractivity contribution in [3.63, 3.8) is 0 Å². The minimum absolute atomic E-state index is 0.0602. The van der Waals surface area contributed by atoms with E-state index in [0.717, 1.165) is 61.9 Å². The summed E-state index contributed by atoms with van der Waals surface area (Å²) in [5.41, 5.74) is 1.89. The van der Waals surface area contributed by atoms with Crippen molar-refractivity contribution in [3.8, 4) is 11.5 Å². The van der Waals surface area contributed by atoms with E-state index in [2.05, 4.69) is 37.5 Å². The van der Waals surface area contributed by atoms with Gasteiger partial charge in [0.25, 0.3) is 0 Å². The normalized spacial score (nSPS) is 11.4. The standard InChI is InChI=1S/C22H40N2O4/c1-5-23(6-2)11-15-27-21-17-20(10-14-26)22(18-19(21)9-13-25)28-16-12-24(7-3)8-4/h17-18,25-26H,5-16H2,1-4H3. The summed E-state index contributed by atoms with van der Waals surface area (Å²) in [6.45, 7) is 15.6. The average Bonchev–Trinajstić information content (AvgIpc) is 2.71. The molecular weight excluding hydrogens is 356 g/mol. The zero-order valence-electron chi connectivity index (χ0n) is 18.2. The van der Waals surface area contributed by atoms with E-state index < -0.39 is 0 Å². The Bertz CT molecular complexity index is 484. The van der Waals surface area contributed by atoms with Crippen molar-refractivity contribution in [2.24, 2.45) is 0 Å². The van der Waals surface area contributed by atoms with Gasteiger partial charge in [-0.25, -0.2) is 0 Å². The SMILES string of the molecule is CCN(CC)CCOc1cc(CCO)c(OCCN(CC)CC)cc1CCO. The predicted octanol–water partition coefficient (Wildman–Crippen LogP) is 2.20. The van der Waals surface area contributed by atoms with Crippen LogP contribution in [0.3, 0.4) is 0 Å². The van der Waals surface area contributed by atoms with E-state index in [9.17, 15) is 10.2 Å². The van der Waals surface area contributed by atoms with Crippen LogP contribution in [0.15, 0.2) is 12.1 Å². The fourth-order valence-corrected chi connectivity index (χ4v) is 3.19. The molecular formula is C22H40N2O4. The van der Waals surface area contributed by atoms with Gasteiger partial charge in [-0.05, 0) is 51.2 Å². The lowest BCUT2D eigenvalue weighted by Crippen LogP contribution is -2.28. The van der Waals surface area contributed by atoms with Gasteiger partial charge in [-0.2, -0.15) is 0 Å². The predicted molar refractivity (Wildman–Crippen MR) is 115 cm³/mol. The highest BCUT2D eigenvalue weighted by Crippen LogP contribution is 2.30. The number of hydrogen-bond acceptors (Lipinski definition) is 6. The van der Waals surface area contributed by atoms with E-state index in [4.69, 9.17) is 9.47 Å². The van der Waals surface area contributed by atoms with Crippen molar-refractivity contribution >= 4 is 0 Å². The van der Waals surface area contributed by atoms with Gasteiger partial charge in [0, 0.05) is 37.4 Å². The van der Waals surface area contributed by atoms with Gasteiger partial charge in [0.15, 0.2) is 0 Å². The molecule has 1 aromatic carbocycles. The van der Waals surface area contributed by atoms with Crippen LogP contribution in [0, 0.1) is 0 Å². The third kappa shape index (κ3) is 8.35. The van der Waals surface area contributed by atoms with E-state index >= 15 is 0 Å². The van der Waals surface area contributed by atoms with Gasteiger partial charge in [0.05, 0.1) is 0 Å². The maximum Gasteiger partial charge on any atom is 0.123 e. The second-order valence-corrected chi connectivity index (χ2v) is 6.77. The highest BCUT2D eigenvalue weighted by atomic mass is 16.5. The minimum atomic E-state index is 0.0602. The summed E-state index contributed by atoms with van der Waals surface area (Å²) in [6, 6.07) is 3.94. The number of hydrogen-bond donors (Lipinski definition) is 2. The van der Waals surface area contributed by atoms with Crippen LogP contribution in [0.5, 0.6) is 11.5 Å². The Morgan fingerprint density at radius 3 is 1.32 bits per heavy atom. The van der Waals surface area contributed by atoms with Crippen LogP contribution >= 0.6 is 0 Å². The molecule has 0 bridgehead atoms. The molecule has 1 aromatic rings. The molecule has 0 spiro atoms. The van der Waals surface area contributed by atoms with E-state index in [1.54, 1.807) is 0 Å². The maximum atomic E-state index is 9.46. The Kier molecular flexibility index (Phi) is 12.9. The van der Waals surface area contributed by atoms with E-state index in [-0.39, 0.29) is 13.2 Å². The second-order valence-electron chi connectivity index (χ2n) is 6.77. The molecule has 2 N–H and O–H groups in total. The Balaban J connectivity index is 2.89. The molecule has 6 heteroatoms. The number of nitrogens with zero attached hydrogens (tertiary/aromatic N) is 2. The monoisotopic (exact) mass is 396 g/mol. The van der Waals surface area contributed by atoms with Crippen molar-refractivity contribution in [2.75, 3.05) is 65.7 Å². The summed E-state index contributed by atoms with van der Waals surface area (Å²) in [4.78, 5) is 4.62. The summed E-state index contributed by atoms with van der Waals surface area (Å²) in [5, 5.41) is 18.9. The van der Waals surface area contributed by atoms with Crippen LogP contribution in [0.4, 0.5) is 0 Å². The molecule has 0 saturated carbocycles. The lowest BCUT2D eigenvalue weighted by molar-refractivity contribution is 0.215. The minimum Gasteiger partial charge on any atom is -0.492 e. The van der Waals surface area contributed by atoms with Gasteiger partial charge in [-0.3, -0.25) is 0 Å². The smallest absolute Gasteiger partial charge is 0.123 e. The van der Waals surface area contributed by atoms with E-state index in [1.807, 2.05) is 12.1 Å². The van der Waals surface area contributed by atoms with Crippen LogP contribution in [0.2, 0.25) is 0 Å². The van der Waals surface area contributed by atoms with Crippen molar-refractivity contribution in [2.45, 2.75) is 40.5 Å². The number of rotatable bonds is 16. The molecule has 0 aliphatic rings. The number of aliphatic hydroxyl groups excluding tert-OH is 2. The quantitative estimate of drug-likeness (QED) is 0.447. The third-order valence-electron chi connectivity index (χ3n) is 5.12. The zero-order valence-corrected chi connectivity index (χ0v) is 18.2. The maximum absolute atomic E-state index is 9.46. The summed E-state index contributed by atoms with van der Waals surface area (Å²) < 4.78 is 12.1. The van der Waals surface area contributed by atoms with Crippen molar-refractivity contribution in [1.82, 2.24) is 9.80 Å². The van der Waals surface area contributed by atoms with Crippen molar-refractivity contribution in [3.05, 3.63) is 23.3 Å². The first-order valence-electron chi connectivity index (χ1n) is 10.7.